The van der Waals surface area contributed by atoms with E-state index in [-0.39, 0.29) is 5.91 Å². The fourth-order valence-corrected chi connectivity index (χ4v) is 1.87. The predicted octanol–water partition coefficient (Wildman–Crippen LogP) is 2.64. The van der Waals surface area contributed by atoms with Crippen LogP contribution in [0.3, 0.4) is 0 Å². The van der Waals surface area contributed by atoms with Crippen molar-refractivity contribution in [1.29, 1.82) is 0 Å². The maximum atomic E-state index is 12.1. The van der Waals surface area contributed by atoms with Crippen LogP contribution in [0.4, 0.5) is 16.2 Å². The molecule has 6 heteroatoms. The van der Waals surface area contributed by atoms with Gasteiger partial charge in [0.2, 0.25) is 0 Å². The van der Waals surface area contributed by atoms with Crippen LogP contribution in [0.5, 0.6) is 0 Å². The summed E-state index contributed by atoms with van der Waals surface area (Å²) in [6.45, 7) is 3.51. The van der Waals surface area contributed by atoms with Gasteiger partial charge >= 0.3 is 6.03 Å². The van der Waals surface area contributed by atoms with E-state index >= 15 is 0 Å². The molecule has 0 aliphatic heterocycles. The molecule has 0 aliphatic carbocycles. The molecule has 104 valence electrons. The molecule has 1 heterocycles. The van der Waals surface area contributed by atoms with E-state index < -0.39 is 6.03 Å². The molecule has 1 aromatic heterocycles. The number of urea groups is 1. The number of furan rings is 1. The van der Waals surface area contributed by atoms with Crippen LogP contribution in [0.1, 0.15) is 21.9 Å². The smallest absolute Gasteiger partial charge is 0.316 e. The third-order valence-electron chi connectivity index (χ3n) is 2.67. The lowest BCUT2D eigenvalue weighted by atomic mass is 10.2. The van der Waals surface area contributed by atoms with Gasteiger partial charge in [-0.1, -0.05) is 6.07 Å². The zero-order chi connectivity index (χ0) is 14.7. The van der Waals surface area contributed by atoms with Crippen molar-refractivity contribution in [2.75, 3.05) is 10.6 Å². The van der Waals surface area contributed by atoms with Crippen LogP contribution in [0.2, 0.25) is 0 Å². The molecule has 0 bridgehead atoms. The van der Waals surface area contributed by atoms with Crippen molar-refractivity contribution in [2.45, 2.75) is 13.8 Å². The van der Waals surface area contributed by atoms with Crippen molar-refractivity contribution >= 4 is 23.3 Å². The number of nitrogens with two attached hydrogens (primary N) is 1. The van der Waals surface area contributed by atoms with Crippen molar-refractivity contribution < 1.29 is 14.0 Å². The average molecular weight is 273 g/mol. The fourth-order valence-electron chi connectivity index (χ4n) is 1.87. The summed E-state index contributed by atoms with van der Waals surface area (Å²) in [4.78, 5) is 22.9. The first kappa shape index (κ1) is 13.7. The summed E-state index contributed by atoms with van der Waals surface area (Å²) in [5.74, 6) is 0.971. The number of amides is 3. The van der Waals surface area contributed by atoms with Crippen LogP contribution in [0.15, 0.2) is 34.7 Å². The lowest BCUT2D eigenvalue weighted by molar-refractivity contribution is 0.102. The molecule has 0 aliphatic rings. The summed E-state index contributed by atoms with van der Waals surface area (Å²) in [5, 5.41) is 5.18. The van der Waals surface area contributed by atoms with E-state index in [9.17, 15) is 9.59 Å². The molecule has 6 nitrogen and oxygen atoms in total. The van der Waals surface area contributed by atoms with Crippen LogP contribution in [0, 0.1) is 13.8 Å². The summed E-state index contributed by atoms with van der Waals surface area (Å²) < 4.78 is 5.32. The highest BCUT2D eigenvalue weighted by molar-refractivity contribution is 6.05. The Kier molecular flexibility index (Phi) is 3.74. The Morgan fingerprint density at radius 1 is 1.10 bits per heavy atom. The molecule has 4 N–H and O–H groups in total. The second-order valence-electron chi connectivity index (χ2n) is 4.35. The fraction of sp³-hybridized carbons (Fsp3) is 0.143. The number of aryl methyl sites for hydroxylation is 2. The van der Waals surface area contributed by atoms with E-state index in [0.717, 1.165) is 0 Å². The number of primary amides is 1. The van der Waals surface area contributed by atoms with Gasteiger partial charge in [-0.15, -0.1) is 0 Å². The van der Waals surface area contributed by atoms with Crippen molar-refractivity contribution in [3.63, 3.8) is 0 Å². The molecule has 0 radical (unpaired) electrons. The number of benzene rings is 1. The van der Waals surface area contributed by atoms with Gasteiger partial charge in [0.15, 0.2) is 0 Å². The van der Waals surface area contributed by atoms with Crippen LogP contribution in [-0.4, -0.2) is 11.9 Å². The van der Waals surface area contributed by atoms with Gasteiger partial charge in [-0.05, 0) is 38.1 Å². The highest BCUT2D eigenvalue weighted by Gasteiger charge is 2.13. The summed E-state index contributed by atoms with van der Waals surface area (Å²) in [6, 6.07) is 7.73. The van der Waals surface area contributed by atoms with Crippen LogP contribution >= 0.6 is 0 Å². The first-order valence-electron chi connectivity index (χ1n) is 6.00. The predicted molar refractivity (Wildman–Crippen MR) is 75.8 cm³/mol. The summed E-state index contributed by atoms with van der Waals surface area (Å²) >= 11 is 0. The van der Waals surface area contributed by atoms with Gasteiger partial charge < -0.3 is 20.8 Å². The molecule has 0 saturated carbocycles. The Labute approximate surface area is 116 Å². The Morgan fingerprint density at radius 2 is 1.75 bits per heavy atom. The summed E-state index contributed by atoms with van der Waals surface area (Å²) in [6.07, 6.45) is 0. The minimum atomic E-state index is -0.658. The van der Waals surface area contributed by atoms with Gasteiger partial charge in [0, 0.05) is 11.4 Å². The maximum Gasteiger partial charge on any atom is 0.316 e. The normalized spacial score (nSPS) is 10.1. The highest BCUT2D eigenvalue weighted by atomic mass is 16.3. The van der Waals surface area contributed by atoms with Crippen LogP contribution in [0.25, 0.3) is 0 Å². The summed E-state index contributed by atoms with van der Waals surface area (Å²) in [5.41, 5.74) is 6.59. The largest absolute Gasteiger partial charge is 0.466 e. The minimum absolute atomic E-state index is 0.268. The number of hydrogen-bond acceptors (Lipinski definition) is 3. The topological polar surface area (TPSA) is 97.4 Å². The number of hydrogen-bond donors (Lipinski definition) is 3. The molecule has 0 spiro atoms. The molecule has 2 aromatic rings. The second kappa shape index (κ2) is 5.48. The first-order chi connectivity index (χ1) is 9.45. The van der Waals surface area contributed by atoms with Crippen molar-refractivity contribution in [1.82, 2.24) is 0 Å². The van der Waals surface area contributed by atoms with Crippen molar-refractivity contribution in [3.05, 3.63) is 47.4 Å². The Morgan fingerprint density at radius 3 is 2.30 bits per heavy atom. The van der Waals surface area contributed by atoms with Crippen molar-refractivity contribution in [3.8, 4) is 0 Å². The molecule has 3 amide bonds. The molecule has 0 saturated heterocycles. The molecular weight excluding hydrogens is 258 g/mol. The van der Waals surface area contributed by atoms with E-state index in [1.165, 1.54) is 0 Å². The lowest BCUT2D eigenvalue weighted by Gasteiger charge is -2.07. The Balaban J connectivity index is 2.15. The van der Waals surface area contributed by atoms with E-state index in [2.05, 4.69) is 10.6 Å². The molecule has 0 atom stereocenters. The number of rotatable bonds is 3. The lowest BCUT2D eigenvalue weighted by Crippen LogP contribution is -2.19. The van der Waals surface area contributed by atoms with Crippen molar-refractivity contribution in [2.24, 2.45) is 5.73 Å². The van der Waals surface area contributed by atoms with Crippen LogP contribution < -0.4 is 16.4 Å². The molecule has 20 heavy (non-hydrogen) atoms. The third-order valence-corrected chi connectivity index (χ3v) is 2.67. The van der Waals surface area contributed by atoms with Gasteiger partial charge in [0.1, 0.15) is 11.5 Å². The average Bonchev–Trinajstić information content (AvgIpc) is 2.68. The van der Waals surface area contributed by atoms with Gasteiger partial charge in [-0.2, -0.15) is 0 Å². The molecule has 0 fully saturated rings. The molecular formula is C14H15N3O3. The van der Waals surface area contributed by atoms with Crippen LogP contribution in [-0.2, 0) is 0 Å². The highest BCUT2D eigenvalue weighted by Crippen LogP contribution is 2.18. The van der Waals surface area contributed by atoms with E-state index in [4.69, 9.17) is 10.2 Å². The van der Waals surface area contributed by atoms with E-state index in [1.807, 2.05) is 0 Å². The zero-order valence-corrected chi connectivity index (χ0v) is 11.2. The van der Waals surface area contributed by atoms with Gasteiger partial charge in [0.25, 0.3) is 5.91 Å². The number of anilines is 2. The van der Waals surface area contributed by atoms with E-state index in [0.29, 0.717) is 28.5 Å². The van der Waals surface area contributed by atoms with Gasteiger partial charge in [-0.3, -0.25) is 4.79 Å². The number of nitrogens with one attached hydrogen (secondary N) is 2. The van der Waals surface area contributed by atoms with Gasteiger partial charge in [0.05, 0.1) is 5.56 Å². The SMILES string of the molecule is Cc1cc(C(=O)Nc2cccc(NC(N)=O)c2)c(C)o1. The van der Waals surface area contributed by atoms with Gasteiger partial charge in [-0.25, -0.2) is 4.79 Å². The monoisotopic (exact) mass is 273 g/mol. The molecule has 1 aromatic carbocycles. The Hall–Kier alpha value is -2.76. The number of carbonyl (C=O) groups excluding carboxylic acids is 2. The standard InChI is InChI=1S/C14H15N3O3/c1-8-6-12(9(2)20-8)13(18)16-10-4-3-5-11(7-10)17-14(15)19/h3-7H,1-2H3,(H,16,18)(H3,15,17,19). The van der Waals surface area contributed by atoms with E-state index in [1.54, 1.807) is 44.2 Å². The summed E-state index contributed by atoms with van der Waals surface area (Å²) in [7, 11) is 0. The number of carbonyl (C=O) groups is 2. The molecule has 2 rings (SSSR count). The first-order valence-corrected chi connectivity index (χ1v) is 6.00. The molecule has 0 unspecified atom stereocenters. The zero-order valence-electron chi connectivity index (χ0n) is 11.2. The maximum absolute atomic E-state index is 12.1. The third kappa shape index (κ3) is 3.17. The minimum Gasteiger partial charge on any atom is -0.466 e. The Bertz CT molecular complexity index is 661. The second-order valence-corrected chi connectivity index (χ2v) is 4.35. The quantitative estimate of drug-likeness (QED) is 0.801.